The van der Waals surface area contributed by atoms with E-state index in [0.29, 0.717) is 33.5 Å². The molecule has 274 valence electrons. The molecular weight excluding hydrogens is 728 g/mol. The van der Waals surface area contributed by atoms with Crippen molar-refractivity contribution < 1.29 is 19.4 Å². The van der Waals surface area contributed by atoms with Gasteiger partial charge in [0, 0.05) is 34.3 Å². The first-order valence-electron chi connectivity index (χ1n) is 17.7. The molecule has 0 radical (unpaired) electrons. The monoisotopic (exact) mass is 762 g/mol. The molecule has 9 rings (SSSR count). The van der Waals surface area contributed by atoms with Gasteiger partial charge in [0.1, 0.15) is 23.9 Å². The lowest BCUT2D eigenvalue weighted by atomic mass is 9.56. The number of hydrogen-bond acceptors (Lipinski definition) is 8. The van der Waals surface area contributed by atoms with Gasteiger partial charge in [-0.25, -0.2) is 28.4 Å². The number of hydrogen-bond donors (Lipinski definition) is 1. The van der Waals surface area contributed by atoms with Crippen LogP contribution in [0.25, 0.3) is 26.3 Å². The fourth-order valence-electron chi connectivity index (χ4n) is 8.86. The Kier molecular flexibility index (Phi) is 7.96. The number of thiophene rings is 1. The molecule has 2 amide bonds. The molecule has 2 fully saturated rings. The lowest BCUT2D eigenvalue weighted by Gasteiger charge is -2.47. The summed E-state index contributed by atoms with van der Waals surface area (Å²) in [7, 11) is 1.71. The highest BCUT2D eigenvalue weighted by Gasteiger charge is 2.66. The Morgan fingerprint density at radius 2 is 1.76 bits per heavy atom. The van der Waals surface area contributed by atoms with Gasteiger partial charge in [0.25, 0.3) is 0 Å². The third-order valence-electron chi connectivity index (χ3n) is 11.3. The van der Waals surface area contributed by atoms with Crippen molar-refractivity contribution in [1.82, 2.24) is 23.7 Å². The highest BCUT2D eigenvalue weighted by atomic mass is 35.5. The van der Waals surface area contributed by atoms with E-state index in [2.05, 4.69) is 0 Å². The van der Waals surface area contributed by atoms with Crippen molar-refractivity contribution in [2.45, 2.75) is 38.8 Å². The van der Waals surface area contributed by atoms with E-state index in [4.69, 9.17) is 21.4 Å². The van der Waals surface area contributed by atoms with Crippen molar-refractivity contribution in [3.63, 3.8) is 0 Å². The van der Waals surface area contributed by atoms with Crippen LogP contribution in [0.4, 0.5) is 5.82 Å². The van der Waals surface area contributed by atoms with Crippen LogP contribution in [0.15, 0.2) is 100 Å². The number of rotatable bonds is 7. The highest BCUT2D eigenvalue weighted by molar-refractivity contribution is 7.22. The summed E-state index contributed by atoms with van der Waals surface area (Å²) in [5, 5.41) is 16.1. The van der Waals surface area contributed by atoms with Gasteiger partial charge in [-0.05, 0) is 73.2 Å². The van der Waals surface area contributed by atoms with E-state index in [9.17, 15) is 19.5 Å². The molecule has 2 aliphatic heterocycles. The molecule has 1 saturated carbocycles. The standard InChI is InChI=1S/C40H35ClN6O6S/c1-22-27-19-23(41)13-14-32(27)54-35(22)29-21-33(43(3)42-29)46-36(49)28-20-30-25(15-16-44-38(51)45(39(52)47(30)44)24-9-5-4-6-10-24)34(40(28,2)37(46)50)26-11-7-8-12-31(26)53-18-17-48/h4-15,19,21,28,30,34,48H,16-18,20H2,1-3H3/t28-,30+,34+,40+/m0/s1. The SMILES string of the molecule is Cc1c(-c2cc(N3C(=O)[C@@H]4C[C@@H]5C(=CCn6c(=O)n(-c7ccccc7)c(=O)n65)[C@H](c5ccccc5OCCO)[C@]4(C)C3=O)n(C)n2)sc2ccc(Cl)cc12. The molecule has 0 bridgehead atoms. The van der Waals surface area contributed by atoms with Gasteiger partial charge in [-0.2, -0.15) is 5.10 Å². The Morgan fingerprint density at radius 1 is 1.00 bits per heavy atom. The molecule has 0 unspecified atom stereocenters. The molecule has 6 aromatic rings. The van der Waals surface area contributed by atoms with Crippen molar-refractivity contribution >= 4 is 50.7 Å². The molecule has 1 aliphatic carbocycles. The number of aryl methyl sites for hydroxylation is 2. The second-order valence-electron chi connectivity index (χ2n) is 14.2. The van der Waals surface area contributed by atoms with Gasteiger partial charge in [-0.1, -0.05) is 54.1 Å². The first-order valence-corrected chi connectivity index (χ1v) is 18.9. The number of carbonyl (C=O) groups excluding carboxylic acids is 2. The number of allylic oxidation sites excluding steroid dienone is 2. The Labute approximate surface area is 317 Å². The van der Waals surface area contributed by atoms with Gasteiger partial charge < -0.3 is 9.84 Å². The lowest BCUT2D eigenvalue weighted by Crippen LogP contribution is -2.49. The Balaban J connectivity index is 1.20. The Morgan fingerprint density at radius 3 is 2.54 bits per heavy atom. The summed E-state index contributed by atoms with van der Waals surface area (Å²) in [5.74, 6) is -1.64. The highest BCUT2D eigenvalue weighted by Crippen LogP contribution is 2.62. The van der Waals surface area contributed by atoms with Crippen LogP contribution in [-0.4, -0.2) is 53.8 Å². The van der Waals surface area contributed by atoms with Gasteiger partial charge in [0.15, 0.2) is 0 Å². The van der Waals surface area contributed by atoms with E-state index in [1.165, 1.54) is 14.3 Å². The molecule has 54 heavy (non-hydrogen) atoms. The molecule has 1 N–H and O–H groups in total. The van der Waals surface area contributed by atoms with Gasteiger partial charge in [0.2, 0.25) is 11.8 Å². The number of para-hydroxylation sites is 2. The average molecular weight is 763 g/mol. The van der Waals surface area contributed by atoms with E-state index in [0.717, 1.165) is 30.7 Å². The number of fused-ring (bicyclic) bond motifs is 5. The Hall–Kier alpha value is -5.50. The number of aliphatic hydroxyl groups excluding tert-OH is 1. The zero-order valence-electron chi connectivity index (χ0n) is 29.6. The number of anilines is 1. The maximum atomic E-state index is 15.2. The molecule has 1 saturated heterocycles. The number of amides is 2. The van der Waals surface area contributed by atoms with Crippen LogP contribution in [0.1, 0.15) is 36.4 Å². The third-order valence-corrected chi connectivity index (χ3v) is 12.9. The number of benzene rings is 3. The van der Waals surface area contributed by atoms with E-state index in [-0.39, 0.29) is 26.2 Å². The molecule has 12 nitrogen and oxygen atoms in total. The molecule has 4 atom stereocenters. The number of ether oxygens (including phenoxy) is 1. The van der Waals surface area contributed by atoms with Crippen LogP contribution in [0, 0.1) is 18.3 Å². The number of nitrogens with zero attached hydrogens (tertiary/aromatic N) is 6. The van der Waals surface area contributed by atoms with Crippen LogP contribution in [0.3, 0.4) is 0 Å². The number of halogens is 1. The summed E-state index contributed by atoms with van der Waals surface area (Å²) in [6.45, 7) is 3.71. The second-order valence-corrected chi connectivity index (χ2v) is 15.7. The zero-order chi connectivity index (χ0) is 37.6. The van der Waals surface area contributed by atoms with Crippen molar-refractivity contribution in [3.05, 3.63) is 128 Å². The molecule has 5 heterocycles. The van der Waals surface area contributed by atoms with Crippen LogP contribution in [0.5, 0.6) is 5.75 Å². The number of aliphatic hydroxyl groups is 1. The van der Waals surface area contributed by atoms with Crippen molar-refractivity contribution in [3.8, 4) is 22.0 Å². The van der Waals surface area contributed by atoms with Crippen molar-refractivity contribution in [1.29, 1.82) is 0 Å². The summed E-state index contributed by atoms with van der Waals surface area (Å²) in [6, 6.07) is 22.8. The number of carbonyl (C=O) groups is 2. The predicted octanol–water partition coefficient (Wildman–Crippen LogP) is 5.61. The fraction of sp³-hybridized carbons (Fsp3) is 0.275. The summed E-state index contributed by atoms with van der Waals surface area (Å²) < 4.78 is 12.6. The van der Waals surface area contributed by atoms with Gasteiger partial charge >= 0.3 is 11.4 Å². The van der Waals surface area contributed by atoms with Crippen LogP contribution >= 0.6 is 22.9 Å². The maximum absolute atomic E-state index is 15.2. The van der Waals surface area contributed by atoms with Gasteiger partial charge in [0.05, 0.1) is 41.1 Å². The Bertz CT molecular complexity index is 2690. The molecule has 3 aromatic carbocycles. The molecule has 0 spiro atoms. The first kappa shape index (κ1) is 34.3. The van der Waals surface area contributed by atoms with Crippen LogP contribution in [-0.2, 0) is 23.2 Å². The fourth-order valence-corrected chi connectivity index (χ4v) is 10.2. The van der Waals surface area contributed by atoms with Crippen molar-refractivity contribution in [2.24, 2.45) is 18.4 Å². The maximum Gasteiger partial charge on any atom is 0.352 e. The van der Waals surface area contributed by atoms with E-state index >= 15 is 4.79 Å². The number of aromatic nitrogens is 5. The molecule has 3 aliphatic rings. The van der Waals surface area contributed by atoms with Gasteiger partial charge in [-0.15, -0.1) is 11.3 Å². The van der Waals surface area contributed by atoms with E-state index < -0.39 is 46.5 Å². The quantitative estimate of drug-likeness (QED) is 0.165. The third kappa shape index (κ3) is 4.81. The normalized spacial score (nSPS) is 22.0. The van der Waals surface area contributed by atoms with Crippen LogP contribution < -0.4 is 21.0 Å². The van der Waals surface area contributed by atoms with Crippen molar-refractivity contribution in [2.75, 3.05) is 18.1 Å². The van der Waals surface area contributed by atoms with Gasteiger partial charge in [-0.3, -0.25) is 14.3 Å². The summed E-state index contributed by atoms with van der Waals surface area (Å²) in [4.78, 5) is 60.3. The largest absolute Gasteiger partial charge is 0.491 e. The van der Waals surface area contributed by atoms with E-state index in [1.54, 1.807) is 59.5 Å². The average Bonchev–Trinajstić information content (AvgIpc) is 3.84. The minimum absolute atomic E-state index is 0.0193. The smallest absolute Gasteiger partial charge is 0.352 e. The minimum atomic E-state index is -1.32. The lowest BCUT2D eigenvalue weighted by molar-refractivity contribution is -0.129. The number of imide groups is 1. The van der Waals surface area contributed by atoms with Crippen LogP contribution in [0.2, 0.25) is 5.02 Å². The molecule has 3 aromatic heterocycles. The molecule has 14 heteroatoms. The summed E-state index contributed by atoms with van der Waals surface area (Å²) in [6.07, 6.45) is 2.02. The predicted molar refractivity (Wildman–Crippen MR) is 206 cm³/mol. The summed E-state index contributed by atoms with van der Waals surface area (Å²) in [5.41, 5.74) is 1.11. The molecular formula is C40H35ClN6O6S. The topological polar surface area (TPSA) is 134 Å². The zero-order valence-corrected chi connectivity index (χ0v) is 31.2. The minimum Gasteiger partial charge on any atom is -0.491 e. The second kappa shape index (κ2) is 12.5. The first-order chi connectivity index (χ1) is 26.0. The van der Waals surface area contributed by atoms with E-state index in [1.807, 2.05) is 62.4 Å². The summed E-state index contributed by atoms with van der Waals surface area (Å²) >= 11 is 7.88.